The number of anilines is 1. The molecule has 0 radical (unpaired) electrons. The van der Waals surface area contributed by atoms with Gasteiger partial charge in [-0.1, -0.05) is 20.3 Å². The molecule has 7 nitrogen and oxygen atoms in total. The maximum Gasteiger partial charge on any atom is 0.312 e. The Morgan fingerprint density at radius 3 is 2.77 bits per heavy atom. The summed E-state index contributed by atoms with van der Waals surface area (Å²) in [5, 5.41) is 5.26. The Bertz CT molecular complexity index is 695. The van der Waals surface area contributed by atoms with Crippen LogP contribution in [-0.2, 0) is 4.79 Å². The molecule has 2 rings (SSSR count). The third kappa shape index (κ3) is 3.55. The van der Waals surface area contributed by atoms with Crippen LogP contribution in [0.5, 0.6) is 0 Å². The van der Waals surface area contributed by atoms with Gasteiger partial charge in [-0.05, 0) is 24.1 Å². The average Bonchev–Trinajstić information content (AvgIpc) is 2.83. The molecule has 22 heavy (non-hydrogen) atoms. The summed E-state index contributed by atoms with van der Waals surface area (Å²) >= 11 is 0. The van der Waals surface area contributed by atoms with Gasteiger partial charge in [0.05, 0.1) is 0 Å². The minimum Gasteiger partial charge on any atom is -0.441 e. The van der Waals surface area contributed by atoms with Crippen molar-refractivity contribution in [2.45, 2.75) is 33.2 Å². The van der Waals surface area contributed by atoms with E-state index in [0.717, 1.165) is 6.42 Å². The quantitative estimate of drug-likeness (QED) is 0.786. The number of hydrogen-bond acceptors (Lipinski definition) is 4. The van der Waals surface area contributed by atoms with Crippen LogP contribution in [0.1, 0.15) is 26.2 Å². The van der Waals surface area contributed by atoms with E-state index in [1.54, 1.807) is 25.1 Å². The van der Waals surface area contributed by atoms with Gasteiger partial charge in [0.15, 0.2) is 11.5 Å². The Hall–Kier alpha value is -2.57. The summed E-state index contributed by atoms with van der Waals surface area (Å²) in [6.45, 7) is 5.58. The highest BCUT2D eigenvalue weighted by Gasteiger charge is 2.25. The second-order valence-corrected chi connectivity index (χ2v) is 5.28. The molecule has 0 saturated carbocycles. The van der Waals surface area contributed by atoms with E-state index in [4.69, 9.17) is 10.2 Å². The number of primary amides is 1. The number of rotatable bonds is 5. The monoisotopic (exact) mass is 304 g/mol. The molecule has 0 spiro atoms. The number of benzene rings is 1. The Morgan fingerprint density at radius 2 is 2.14 bits per heavy atom. The van der Waals surface area contributed by atoms with E-state index in [0.29, 0.717) is 22.7 Å². The van der Waals surface area contributed by atoms with Crippen LogP contribution in [0, 0.1) is 12.8 Å². The summed E-state index contributed by atoms with van der Waals surface area (Å²) in [4.78, 5) is 27.7. The normalized spacial score (nSPS) is 13.6. The fourth-order valence-corrected chi connectivity index (χ4v) is 2.20. The van der Waals surface area contributed by atoms with Crippen molar-refractivity contribution in [1.29, 1.82) is 0 Å². The molecule has 0 fully saturated rings. The van der Waals surface area contributed by atoms with E-state index < -0.39 is 12.1 Å². The van der Waals surface area contributed by atoms with Crippen molar-refractivity contribution >= 4 is 28.7 Å². The van der Waals surface area contributed by atoms with Crippen molar-refractivity contribution < 1.29 is 14.0 Å². The first-order valence-corrected chi connectivity index (χ1v) is 7.14. The molecule has 118 valence electrons. The standard InChI is InChI=1S/C15H20N4O3/c1-4-8(2)13(19-15(16)21)14(20)18-10-5-6-12-11(7-10)17-9(3)22-12/h5-8,13H,4H2,1-3H3,(H,18,20)(H3,16,19,21)/t8-,13-/m1/s1. The van der Waals surface area contributed by atoms with Crippen LogP contribution < -0.4 is 16.4 Å². The van der Waals surface area contributed by atoms with Crippen LogP contribution in [-0.4, -0.2) is 23.0 Å². The molecule has 0 saturated heterocycles. The van der Waals surface area contributed by atoms with Gasteiger partial charge in [0.25, 0.3) is 0 Å². The second-order valence-electron chi connectivity index (χ2n) is 5.28. The number of carbonyl (C=O) groups is 2. The zero-order valence-electron chi connectivity index (χ0n) is 12.8. The fourth-order valence-electron chi connectivity index (χ4n) is 2.20. The molecule has 0 aliphatic rings. The van der Waals surface area contributed by atoms with Gasteiger partial charge < -0.3 is 20.8 Å². The van der Waals surface area contributed by atoms with E-state index in [9.17, 15) is 9.59 Å². The number of hydrogen-bond donors (Lipinski definition) is 3. The molecular formula is C15H20N4O3. The van der Waals surface area contributed by atoms with E-state index in [2.05, 4.69) is 15.6 Å². The van der Waals surface area contributed by atoms with E-state index in [-0.39, 0.29) is 11.8 Å². The van der Waals surface area contributed by atoms with Crippen LogP contribution in [0.3, 0.4) is 0 Å². The molecule has 0 unspecified atom stereocenters. The second kappa shape index (κ2) is 6.46. The molecule has 0 aliphatic heterocycles. The maximum absolute atomic E-state index is 12.4. The van der Waals surface area contributed by atoms with Crippen molar-refractivity contribution in [1.82, 2.24) is 10.3 Å². The Labute approximate surface area is 128 Å². The van der Waals surface area contributed by atoms with Crippen LogP contribution >= 0.6 is 0 Å². The van der Waals surface area contributed by atoms with Crippen molar-refractivity contribution in [2.75, 3.05) is 5.32 Å². The molecular weight excluding hydrogens is 284 g/mol. The van der Waals surface area contributed by atoms with Gasteiger partial charge in [-0.3, -0.25) is 4.79 Å². The zero-order chi connectivity index (χ0) is 16.3. The lowest BCUT2D eigenvalue weighted by Crippen LogP contribution is -2.49. The van der Waals surface area contributed by atoms with Gasteiger partial charge in [0, 0.05) is 12.6 Å². The fraction of sp³-hybridized carbons (Fsp3) is 0.400. The maximum atomic E-state index is 12.4. The first-order chi connectivity index (χ1) is 10.4. The van der Waals surface area contributed by atoms with Crippen molar-refractivity contribution in [3.8, 4) is 0 Å². The van der Waals surface area contributed by atoms with Crippen molar-refractivity contribution in [3.05, 3.63) is 24.1 Å². The van der Waals surface area contributed by atoms with E-state index >= 15 is 0 Å². The van der Waals surface area contributed by atoms with Gasteiger partial charge in [-0.15, -0.1) is 0 Å². The number of nitrogens with one attached hydrogen (secondary N) is 2. The number of nitrogens with two attached hydrogens (primary N) is 1. The summed E-state index contributed by atoms with van der Waals surface area (Å²) in [6, 6.07) is 3.79. The van der Waals surface area contributed by atoms with Gasteiger partial charge in [-0.2, -0.15) is 0 Å². The highest BCUT2D eigenvalue weighted by atomic mass is 16.3. The third-order valence-corrected chi connectivity index (χ3v) is 3.56. The number of nitrogens with zero attached hydrogens (tertiary/aromatic N) is 1. The SMILES string of the molecule is CC[C@@H](C)[C@@H](NC(N)=O)C(=O)Nc1ccc2oc(C)nc2c1. The summed E-state index contributed by atoms with van der Waals surface area (Å²) in [5.74, 6) is 0.213. The molecule has 4 N–H and O–H groups in total. The van der Waals surface area contributed by atoms with Gasteiger partial charge in [-0.25, -0.2) is 9.78 Å². The molecule has 1 aromatic carbocycles. The van der Waals surface area contributed by atoms with E-state index in [1.807, 2.05) is 13.8 Å². The number of aromatic nitrogens is 1. The predicted molar refractivity (Wildman–Crippen MR) is 83.3 cm³/mol. The lowest BCUT2D eigenvalue weighted by atomic mass is 9.98. The first-order valence-electron chi connectivity index (χ1n) is 7.14. The highest BCUT2D eigenvalue weighted by molar-refractivity contribution is 5.98. The predicted octanol–water partition coefficient (Wildman–Crippen LogP) is 2.16. The molecule has 1 aromatic heterocycles. The minimum absolute atomic E-state index is 0.0366. The number of amides is 3. The summed E-state index contributed by atoms with van der Waals surface area (Å²) < 4.78 is 5.39. The molecule has 7 heteroatoms. The van der Waals surface area contributed by atoms with Gasteiger partial charge in [0.1, 0.15) is 11.6 Å². The van der Waals surface area contributed by atoms with Crippen LogP contribution in [0.2, 0.25) is 0 Å². The molecule has 2 atom stereocenters. The van der Waals surface area contributed by atoms with Crippen LogP contribution in [0.4, 0.5) is 10.5 Å². The summed E-state index contributed by atoms with van der Waals surface area (Å²) in [7, 11) is 0. The lowest BCUT2D eigenvalue weighted by Gasteiger charge is -2.22. The largest absolute Gasteiger partial charge is 0.441 e. The minimum atomic E-state index is -0.719. The number of aryl methyl sites for hydroxylation is 1. The highest BCUT2D eigenvalue weighted by Crippen LogP contribution is 2.20. The van der Waals surface area contributed by atoms with Crippen LogP contribution in [0.15, 0.2) is 22.6 Å². The third-order valence-electron chi connectivity index (χ3n) is 3.56. The first kappa shape index (κ1) is 15.8. The summed E-state index contributed by atoms with van der Waals surface area (Å²) in [6.07, 6.45) is 0.736. The van der Waals surface area contributed by atoms with E-state index in [1.165, 1.54) is 0 Å². The van der Waals surface area contributed by atoms with Crippen molar-refractivity contribution in [3.63, 3.8) is 0 Å². The smallest absolute Gasteiger partial charge is 0.312 e. The number of carbonyl (C=O) groups excluding carboxylic acids is 2. The molecule has 1 heterocycles. The van der Waals surface area contributed by atoms with Gasteiger partial charge >= 0.3 is 6.03 Å². The lowest BCUT2D eigenvalue weighted by molar-refractivity contribution is -0.119. The van der Waals surface area contributed by atoms with Crippen molar-refractivity contribution in [2.24, 2.45) is 11.7 Å². The number of fused-ring (bicyclic) bond motifs is 1. The topological polar surface area (TPSA) is 110 Å². The zero-order valence-corrected chi connectivity index (χ0v) is 12.8. The Morgan fingerprint density at radius 1 is 1.41 bits per heavy atom. The molecule has 2 aromatic rings. The Kier molecular flexibility index (Phi) is 4.65. The van der Waals surface area contributed by atoms with Gasteiger partial charge in [0.2, 0.25) is 5.91 Å². The summed E-state index contributed by atoms with van der Waals surface area (Å²) in [5.41, 5.74) is 7.05. The number of oxazole rings is 1. The number of urea groups is 1. The molecule has 0 aliphatic carbocycles. The van der Waals surface area contributed by atoms with Crippen LogP contribution in [0.25, 0.3) is 11.1 Å². The average molecular weight is 304 g/mol. The Balaban J connectivity index is 2.17. The molecule has 3 amide bonds. The molecule has 0 bridgehead atoms.